The lowest BCUT2D eigenvalue weighted by Crippen LogP contribution is -2.29. The van der Waals surface area contributed by atoms with Gasteiger partial charge in [0.2, 0.25) is 10.0 Å². The fourth-order valence-corrected chi connectivity index (χ4v) is 3.49. The molecule has 1 saturated heterocycles. The van der Waals surface area contributed by atoms with Gasteiger partial charge in [0.05, 0.1) is 18.1 Å². The van der Waals surface area contributed by atoms with Crippen LogP contribution in [0.2, 0.25) is 0 Å². The minimum Gasteiger partial charge on any atom is -0.390 e. The Bertz CT molecular complexity index is 533. The maximum Gasteiger partial charge on any atom is 0.242 e. The van der Waals surface area contributed by atoms with Gasteiger partial charge in [-0.05, 0) is 24.8 Å². The monoisotopic (exact) mass is 302 g/mol. The maximum atomic E-state index is 12.2. The first-order valence-electron chi connectivity index (χ1n) is 6.94. The van der Waals surface area contributed by atoms with E-state index in [1.54, 1.807) is 10.8 Å². The first kappa shape index (κ1) is 15.5. The van der Waals surface area contributed by atoms with Gasteiger partial charge < -0.3 is 14.4 Å². The Kier molecular flexibility index (Phi) is 5.20. The number of aromatic nitrogens is 1. The Labute approximate surface area is 119 Å². The maximum absolute atomic E-state index is 12.2. The Morgan fingerprint density at radius 1 is 1.55 bits per heavy atom. The lowest BCUT2D eigenvalue weighted by Gasteiger charge is -2.09. The predicted octanol–water partition coefficient (Wildman–Crippen LogP) is 0.705. The summed E-state index contributed by atoms with van der Waals surface area (Å²) >= 11 is 0. The number of rotatable bonds is 7. The van der Waals surface area contributed by atoms with E-state index in [0.717, 1.165) is 12.8 Å². The molecule has 6 nitrogen and oxygen atoms in total. The van der Waals surface area contributed by atoms with Crippen LogP contribution in [0.1, 0.15) is 25.5 Å². The van der Waals surface area contributed by atoms with E-state index >= 15 is 0 Å². The van der Waals surface area contributed by atoms with Crippen molar-refractivity contribution in [3.8, 4) is 0 Å². The third-order valence-corrected chi connectivity index (χ3v) is 4.87. The van der Waals surface area contributed by atoms with Crippen LogP contribution >= 0.6 is 0 Å². The van der Waals surface area contributed by atoms with E-state index in [9.17, 15) is 13.5 Å². The number of nitrogens with one attached hydrogen (secondary N) is 1. The summed E-state index contributed by atoms with van der Waals surface area (Å²) in [6.45, 7) is 4.26. The van der Waals surface area contributed by atoms with E-state index in [0.29, 0.717) is 32.0 Å². The zero-order valence-electron chi connectivity index (χ0n) is 11.7. The second-order valence-electron chi connectivity index (χ2n) is 5.10. The van der Waals surface area contributed by atoms with Gasteiger partial charge in [-0.1, -0.05) is 6.92 Å². The van der Waals surface area contributed by atoms with Gasteiger partial charge in [0.25, 0.3) is 0 Å². The standard InChI is InChI=1S/C13H22N2O4S/c1-2-4-15-8-13(6-12(15)9-16)20(17,18)14-7-11-3-5-19-10-11/h6,8,11,14,16H,2-5,7,9-10H2,1H3. The normalized spacial score (nSPS) is 19.6. The van der Waals surface area contributed by atoms with Gasteiger partial charge in [-0.25, -0.2) is 13.1 Å². The van der Waals surface area contributed by atoms with Crippen LogP contribution in [0.25, 0.3) is 0 Å². The van der Waals surface area contributed by atoms with E-state index < -0.39 is 10.0 Å². The molecule has 1 aromatic heterocycles. The van der Waals surface area contributed by atoms with Crippen LogP contribution in [0.5, 0.6) is 0 Å². The molecular formula is C13H22N2O4S. The minimum atomic E-state index is -3.52. The summed E-state index contributed by atoms with van der Waals surface area (Å²) in [6, 6.07) is 1.53. The van der Waals surface area contributed by atoms with E-state index in [-0.39, 0.29) is 17.4 Å². The highest BCUT2D eigenvalue weighted by atomic mass is 32.2. The second-order valence-corrected chi connectivity index (χ2v) is 6.87. The number of aliphatic hydroxyl groups is 1. The number of ether oxygens (including phenoxy) is 1. The third-order valence-electron chi connectivity index (χ3n) is 3.48. The quantitative estimate of drug-likeness (QED) is 0.777. The third kappa shape index (κ3) is 3.60. The molecule has 0 aliphatic carbocycles. The van der Waals surface area contributed by atoms with Crippen LogP contribution in [0, 0.1) is 5.92 Å². The van der Waals surface area contributed by atoms with Gasteiger partial charge in [0, 0.05) is 31.6 Å². The number of hydrogen-bond acceptors (Lipinski definition) is 4. The molecule has 0 radical (unpaired) electrons. The van der Waals surface area contributed by atoms with E-state index in [1.807, 2.05) is 6.92 Å². The Balaban J connectivity index is 2.07. The van der Waals surface area contributed by atoms with Crippen molar-refractivity contribution < 1.29 is 18.3 Å². The number of nitrogens with zero attached hydrogens (tertiary/aromatic N) is 1. The molecule has 2 N–H and O–H groups in total. The van der Waals surface area contributed by atoms with E-state index in [2.05, 4.69) is 4.72 Å². The fourth-order valence-electron chi connectivity index (χ4n) is 2.31. The largest absolute Gasteiger partial charge is 0.390 e. The topological polar surface area (TPSA) is 80.6 Å². The molecule has 2 rings (SSSR count). The molecule has 0 bridgehead atoms. The molecular weight excluding hydrogens is 280 g/mol. The first-order chi connectivity index (χ1) is 9.56. The molecule has 1 aliphatic rings. The summed E-state index contributed by atoms with van der Waals surface area (Å²) in [5.74, 6) is 0.250. The van der Waals surface area contributed by atoms with Crippen LogP contribution in [0.15, 0.2) is 17.2 Å². The molecule has 0 aromatic carbocycles. The average molecular weight is 302 g/mol. The summed E-state index contributed by atoms with van der Waals surface area (Å²) in [5, 5.41) is 9.27. The molecule has 1 aliphatic heterocycles. The van der Waals surface area contributed by atoms with Crippen molar-refractivity contribution in [1.29, 1.82) is 0 Å². The molecule has 0 saturated carbocycles. The van der Waals surface area contributed by atoms with Gasteiger partial charge >= 0.3 is 0 Å². The Hall–Kier alpha value is -0.890. The zero-order valence-corrected chi connectivity index (χ0v) is 12.5. The van der Waals surface area contributed by atoms with E-state index in [1.165, 1.54) is 6.07 Å². The summed E-state index contributed by atoms with van der Waals surface area (Å²) in [6.07, 6.45) is 3.36. The van der Waals surface area contributed by atoms with Crippen LogP contribution in [0.4, 0.5) is 0 Å². The molecule has 7 heteroatoms. The summed E-state index contributed by atoms with van der Waals surface area (Å²) in [5.41, 5.74) is 0.622. The molecule has 114 valence electrons. The number of aliphatic hydroxyl groups excluding tert-OH is 1. The smallest absolute Gasteiger partial charge is 0.242 e. The Morgan fingerprint density at radius 3 is 2.95 bits per heavy atom. The molecule has 20 heavy (non-hydrogen) atoms. The SMILES string of the molecule is CCCn1cc(S(=O)(=O)NCC2CCOC2)cc1CO. The van der Waals surface area contributed by atoms with Gasteiger partial charge in [0.15, 0.2) is 0 Å². The van der Waals surface area contributed by atoms with Crippen molar-refractivity contribution in [3.63, 3.8) is 0 Å². The highest BCUT2D eigenvalue weighted by molar-refractivity contribution is 7.89. The fraction of sp³-hybridized carbons (Fsp3) is 0.692. The predicted molar refractivity (Wildman–Crippen MR) is 74.8 cm³/mol. The lowest BCUT2D eigenvalue weighted by atomic mass is 10.1. The van der Waals surface area contributed by atoms with Crippen molar-refractivity contribution in [3.05, 3.63) is 18.0 Å². The van der Waals surface area contributed by atoms with Crippen molar-refractivity contribution >= 4 is 10.0 Å². The van der Waals surface area contributed by atoms with Crippen molar-refractivity contribution in [2.75, 3.05) is 19.8 Å². The van der Waals surface area contributed by atoms with Crippen molar-refractivity contribution in [1.82, 2.24) is 9.29 Å². The molecule has 1 unspecified atom stereocenters. The van der Waals surface area contributed by atoms with Crippen molar-refractivity contribution in [2.45, 2.75) is 37.8 Å². The summed E-state index contributed by atoms with van der Waals surface area (Å²) in [4.78, 5) is 0.217. The zero-order chi connectivity index (χ0) is 14.6. The van der Waals surface area contributed by atoms with Gasteiger partial charge in [-0.3, -0.25) is 0 Å². The summed E-state index contributed by atoms with van der Waals surface area (Å²) in [7, 11) is -3.52. The molecule has 1 fully saturated rings. The van der Waals surface area contributed by atoms with Crippen molar-refractivity contribution in [2.24, 2.45) is 5.92 Å². The lowest BCUT2D eigenvalue weighted by molar-refractivity contribution is 0.186. The van der Waals surface area contributed by atoms with E-state index in [4.69, 9.17) is 4.74 Å². The molecule has 0 amide bonds. The van der Waals surface area contributed by atoms with Crippen LogP contribution in [-0.2, 0) is 27.9 Å². The molecule has 0 spiro atoms. The number of hydrogen-bond donors (Lipinski definition) is 2. The number of sulfonamides is 1. The Morgan fingerprint density at radius 2 is 2.35 bits per heavy atom. The van der Waals surface area contributed by atoms with Crippen LogP contribution in [-0.4, -0.2) is 37.8 Å². The molecule has 2 heterocycles. The highest BCUT2D eigenvalue weighted by Crippen LogP contribution is 2.17. The molecule has 1 aromatic rings. The highest BCUT2D eigenvalue weighted by Gasteiger charge is 2.22. The van der Waals surface area contributed by atoms with Gasteiger partial charge in [0.1, 0.15) is 0 Å². The van der Waals surface area contributed by atoms with Crippen LogP contribution in [0.3, 0.4) is 0 Å². The van der Waals surface area contributed by atoms with Gasteiger partial charge in [-0.15, -0.1) is 0 Å². The first-order valence-corrected chi connectivity index (χ1v) is 8.42. The van der Waals surface area contributed by atoms with Gasteiger partial charge in [-0.2, -0.15) is 0 Å². The second kappa shape index (κ2) is 6.71. The molecule has 1 atom stereocenters. The van der Waals surface area contributed by atoms with Crippen LogP contribution < -0.4 is 4.72 Å². The minimum absolute atomic E-state index is 0.161. The summed E-state index contributed by atoms with van der Waals surface area (Å²) < 4.78 is 34.1. The average Bonchev–Trinajstić information content (AvgIpc) is 3.06. The number of aryl methyl sites for hydroxylation is 1.